The van der Waals surface area contributed by atoms with Crippen molar-refractivity contribution in [1.82, 2.24) is 4.31 Å². The van der Waals surface area contributed by atoms with Crippen molar-refractivity contribution < 1.29 is 17.9 Å². The van der Waals surface area contributed by atoms with Crippen molar-refractivity contribution in [2.45, 2.75) is 18.0 Å². The molecule has 0 radical (unpaired) electrons. The summed E-state index contributed by atoms with van der Waals surface area (Å²) in [6.45, 7) is -0.370. The first kappa shape index (κ1) is 17.5. The van der Waals surface area contributed by atoms with E-state index < -0.39 is 28.0 Å². The van der Waals surface area contributed by atoms with Gasteiger partial charge in [0.2, 0.25) is 10.0 Å². The Morgan fingerprint density at radius 2 is 1.84 bits per heavy atom. The summed E-state index contributed by atoms with van der Waals surface area (Å²) in [7, 11) is -3.59. The van der Waals surface area contributed by atoms with E-state index in [0.717, 1.165) is 16.1 Å². The van der Waals surface area contributed by atoms with Crippen molar-refractivity contribution in [2.24, 2.45) is 0 Å². The van der Waals surface area contributed by atoms with Gasteiger partial charge in [-0.3, -0.25) is 0 Å². The first-order chi connectivity index (χ1) is 11.9. The number of nitriles is 1. The van der Waals surface area contributed by atoms with E-state index in [-0.39, 0.29) is 12.4 Å². The fraction of sp³-hybridized carbons (Fsp3) is 0.278. The molecular formula is C18H17FN2O3S. The lowest BCUT2D eigenvalue weighted by molar-refractivity contribution is 0.0564. The zero-order chi connectivity index (χ0) is 18.2. The number of aliphatic hydroxyl groups is 1. The topological polar surface area (TPSA) is 81.4 Å². The maximum Gasteiger partial charge on any atom is 0.212 e. The Kier molecular flexibility index (Phi) is 4.60. The van der Waals surface area contributed by atoms with Crippen LogP contribution in [0.1, 0.15) is 11.5 Å². The summed E-state index contributed by atoms with van der Waals surface area (Å²) in [4.78, 5) is 0. The molecule has 3 rings (SSSR count). The Morgan fingerprint density at radius 3 is 2.36 bits per heavy atom. The Hall–Kier alpha value is -2.27. The number of sulfonamides is 1. The van der Waals surface area contributed by atoms with Gasteiger partial charge in [-0.15, -0.1) is 0 Å². The van der Waals surface area contributed by atoms with Crippen LogP contribution in [0, 0.1) is 17.1 Å². The zero-order valence-corrected chi connectivity index (χ0v) is 14.3. The van der Waals surface area contributed by atoms with Gasteiger partial charge in [0.25, 0.3) is 0 Å². The first-order valence-corrected chi connectivity index (χ1v) is 9.57. The van der Waals surface area contributed by atoms with E-state index in [1.807, 2.05) is 6.07 Å². The lowest BCUT2D eigenvalue weighted by Gasteiger charge is -2.49. The average molecular weight is 360 g/mol. The van der Waals surface area contributed by atoms with Crippen LogP contribution >= 0.6 is 0 Å². The van der Waals surface area contributed by atoms with Crippen LogP contribution in [-0.2, 0) is 10.0 Å². The highest BCUT2D eigenvalue weighted by Gasteiger charge is 2.53. The predicted octanol–water partition coefficient (Wildman–Crippen LogP) is 2.10. The Bertz CT molecular complexity index is 922. The van der Waals surface area contributed by atoms with E-state index in [2.05, 4.69) is 0 Å². The molecule has 1 heterocycles. The highest BCUT2D eigenvalue weighted by atomic mass is 32.2. The number of aliphatic hydroxyl groups excluding tert-OH is 1. The van der Waals surface area contributed by atoms with E-state index in [4.69, 9.17) is 0 Å². The molecule has 5 nitrogen and oxygen atoms in total. The third kappa shape index (κ3) is 3.04. The zero-order valence-electron chi connectivity index (χ0n) is 13.5. The van der Waals surface area contributed by atoms with Crippen LogP contribution in [0.3, 0.4) is 0 Å². The summed E-state index contributed by atoms with van der Waals surface area (Å²) in [5.41, 5.74) is 1.90. The summed E-state index contributed by atoms with van der Waals surface area (Å²) in [5.74, 6) is -0.746. The Morgan fingerprint density at radius 1 is 1.20 bits per heavy atom. The molecule has 25 heavy (non-hydrogen) atoms. The highest BCUT2D eigenvalue weighted by molar-refractivity contribution is 7.88. The standard InChI is InChI=1S/C18H17FN2O3S/c1-25(23,24)21-16(10-20)18(17(21)11-22)13-8-6-12(7-9-13)14-4-2-3-5-15(14)19/h2-9,16-18,22H,11H2,1H3/t16-,17+,18-/m0/s1. The molecule has 0 aliphatic carbocycles. The van der Waals surface area contributed by atoms with Crippen LogP contribution in [0.4, 0.5) is 4.39 Å². The molecule has 0 saturated carbocycles. The summed E-state index contributed by atoms with van der Waals surface area (Å²) < 4.78 is 38.6. The smallest absolute Gasteiger partial charge is 0.212 e. The molecular weight excluding hydrogens is 343 g/mol. The van der Waals surface area contributed by atoms with Crippen molar-refractivity contribution in [1.29, 1.82) is 5.26 Å². The lowest BCUT2D eigenvalue weighted by Crippen LogP contribution is -2.64. The van der Waals surface area contributed by atoms with Gasteiger partial charge in [-0.25, -0.2) is 12.8 Å². The van der Waals surface area contributed by atoms with Gasteiger partial charge < -0.3 is 5.11 Å². The molecule has 1 fully saturated rings. The SMILES string of the molecule is CS(=O)(=O)N1[C@H](CO)[C@@H](c2ccc(-c3ccccc3F)cc2)[C@@H]1C#N. The van der Waals surface area contributed by atoms with Gasteiger partial charge in [0.15, 0.2) is 0 Å². The largest absolute Gasteiger partial charge is 0.395 e. The second-order valence-corrected chi connectivity index (χ2v) is 7.93. The molecule has 3 atom stereocenters. The minimum absolute atomic E-state index is 0.328. The molecule has 0 aromatic heterocycles. The van der Waals surface area contributed by atoms with E-state index in [0.29, 0.717) is 11.1 Å². The van der Waals surface area contributed by atoms with Crippen LogP contribution in [-0.4, -0.2) is 42.8 Å². The van der Waals surface area contributed by atoms with Crippen LogP contribution in [0.5, 0.6) is 0 Å². The van der Waals surface area contributed by atoms with Gasteiger partial charge in [0.1, 0.15) is 11.9 Å². The fourth-order valence-electron chi connectivity index (χ4n) is 3.40. The van der Waals surface area contributed by atoms with E-state index >= 15 is 0 Å². The van der Waals surface area contributed by atoms with Crippen molar-refractivity contribution in [3.05, 3.63) is 59.9 Å². The first-order valence-electron chi connectivity index (χ1n) is 7.72. The molecule has 7 heteroatoms. The van der Waals surface area contributed by atoms with Gasteiger partial charge in [-0.1, -0.05) is 42.5 Å². The number of rotatable bonds is 4. The molecule has 0 bridgehead atoms. The third-order valence-electron chi connectivity index (χ3n) is 4.54. The minimum atomic E-state index is -3.59. The lowest BCUT2D eigenvalue weighted by atomic mass is 9.78. The van der Waals surface area contributed by atoms with Gasteiger partial charge in [0, 0.05) is 11.5 Å². The molecule has 0 unspecified atom stereocenters. The van der Waals surface area contributed by atoms with Crippen molar-refractivity contribution in [3.63, 3.8) is 0 Å². The van der Waals surface area contributed by atoms with Crippen LogP contribution in [0.25, 0.3) is 11.1 Å². The molecule has 1 saturated heterocycles. The molecule has 0 amide bonds. The van der Waals surface area contributed by atoms with Crippen LogP contribution in [0.2, 0.25) is 0 Å². The molecule has 130 valence electrons. The van der Waals surface area contributed by atoms with Gasteiger partial charge >= 0.3 is 0 Å². The predicted molar refractivity (Wildman–Crippen MR) is 91.5 cm³/mol. The highest BCUT2D eigenvalue weighted by Crippen LogP contribution is 2.42. The molecule has 0 spiro atoms. The van der Waals surface area contributed by atoms with Crippen molar-refractivity contribution in [3.8, 4) is 17.2 Å². The normalized spacial score (nSPS) is 23.7. The summed E-state index contributed by atoms with van der Waals surface area (Å²) in [5, 5.41) is 18.9. The average Bonchev–Trinajstić information content (AvgIpc) is 2.55. The molecule has 1 N–H and O–H groups in total. The fourth-order valence-corrected chi connectivity index (χ4v) is 4.68. The van der Waals surface area contributed by atoms with E-state index in [1.54, 1.807) is 42.5 Å². The molecule has 1 aliphatic rings. The molecule has 2 aromatic carbocycles. The maximum atomic E-state index is 13.9. The monoisotopic (exact) mass is 360 g/mol. The summed E-state index contributed by atoms with van der Waals surface area (Å²) >= 11 is 0. The molecule has 1 aliphatic heterocycles. The number of nitrogens with zero attached hydrogens (tertiary/aromatic N) is 2. The summed E-state index contributed by atoms with van der Waals surface area (Å²) in [6, 6.07) is 13.9. The second-order valence-electron chi connectivity index (χ2n) is 6.04. The Labute approximate surface area is 146 Å². The van der Waals surface area contributed by atoms with Crippen LogP contribution < -0.4 is 0 Å². The van der Waals surface area contributed by atoms with E-state index in [1.165, 1.54) is 6.07 Å². The maximum absolute atomic E-state index is 13.9. The van der Waals surface area contributed by atoms with Gasteiger partial charge in [-0.05, 0) is 17.2 Å². The third-order valence-corrected chi connectivity index (χ3v) is 5.80. The number of benzene rings is 2. The quantitative estimate of drug-likeness (QED) is 0.905. The van der Waals surface area contributed by atoms with Crippen molar-refractivity contribution >= 4 is 10.0 Å². The van der Waals surface area contributed by atoms with Crippen LogP contribution in [0.15, 0.2) is 48.5 Å². The van der Waals surface area contributed by atoms with E-state index in [9.17, 15) is 23.2 Å². The number of hydrogen-bond acceptors (Lipinski definition) is 4. The number of halogens is 1. The minimum Gasteiger partial charge on any atom is -0.395 e. The van der Waals surface area contributed by atoms with Gasteiger partial charge in [-0.2, -0.15) is 9.57 Å². The number of hydrogen-bond donors (Lipinski definition) is 1. The second kappa shape index (κ2) is 6.56. The Balaban J connectivity index is 1.92. The van der Waals surface area contributed by atoms with Gasteiger partial charge in [0.05, 0.1) is 25.0 Å². The summed E-state index contributed by atoms with van der Waals surface area (Å²) in [6.07, 6.45) is 1.03. The van der Waals surface area contributed by atoms with Crippen molar-refractivity contribution in [2.75, 3.05) is 12.9 Å². The molecule has 2 aromatic rings.